The molecule has 2 aromatic carbocycles. The highest BCUT2D eigenvalue weighted by molar-refractivity contribution is 5.79. The number of hydrogen-bond acceptors (Lipinski definition) is 5. The molecule has 0 radical (unpaired) electrons. The van der Waals surface area contributed by atoms with Crippen LogP contribution in [0.3, 0.4) is 0 Å². The van der Waals surface area contributed by atoms with Crippen molar-refractivity contribution in [2.75, 3.05) is 7.11 Å². The molecule has 0 aliphatic rings. The molecule has 0 unspecified atom stereocenters. The first-order valence-corrected chi connectivity index (χ1v) is 8.86. The van der Waals surface area contributed by atoms with Crippen molar-refractivity contribution in [2.45, 2.75) is 32.4 Å². The zero-order valence-corrected chi connectivity index (χ0v) is 15.4. The topological polar surface area (TPSA) is 86.1 Å². The first-order valence-electron chi connectivity index (χ1n) is 8.86. The maximum atomic E-state index is 12.6. The summed E-state index contributed by atoms with van der Waals surface area (Å²) >= 11 is 0. The van der Waals surface area contributed by atoms with Gasteiger partial charge in [0.15, 0.2) is 0 Å². The number of amides is 1. The van der Waals surface area contributed by atoms with Crippen LogP contribution < -0.4 is 15.6 Å². The van der Waals surface area contributed by atoms with Crippen LogP contribution in [-0.2, 0) is 17.8 Å². The van der Waals surface area contributed by atoms with Gasteiger partial charge >= 0.3 is 0 Å². The van der Waals surface area contributed by atoms with Crippen molar-refractivity contribution in [3.8, 4) is 5.75 Å². The van der Waals surface area contributed by atoms with Crippen LogP contribution in [0.15, 0.2) is 53.3 Å². The molecule has 0 aliphatic heterocycles. The second-order valence-electron chi connectivity index (χ2n) is 6.26. The first kappa shape index (κ1) is 18.6. The minimum atomic E-state index is -0.222. The summed E-state index contributed by atoms with van der Waals surface area (Å²) in [6, 6.07) is 14.3. The van der Waals surface area contributed by atoms with Gasteiger partial charge in [0.25, 0.3) is 5.56 Å². The van der Waals surface area contributed by atoms with Crippen LogP contribution in [0.25, 0.3) is 10.9 Å². The van der Waals surface area contributed by atoms with Crippen LogP contribution in [0.4, 0.5) is 0 Å². The van der Waals surface area contributed by atoms with Gasteiger partial charge in [0, 0.05) is 11.6 Å². The lowest BCUT2D eigenvalue weighted by atomic mass is 10.1. The third kappa shape index (κ3) is 4.31. The Morgan fingerprint density at radius 2 is 1.93 bits per heavy atom. The maximum absolute atomic E-state index is 12.6. The molecule has 0 fully saturated rings. The summed E-state index contributed by atoms with van der Waals surface area (Å²) < 4.78 is 6.59. The van der Waals surface area contributed by atoms with E-state index in [4.69, 9.17) is 4.74 Å². The Bertz CT molecular complexity index is 1000. The molecule has 0 bridgehead atoms. The lowest BCUT2D eigenvalue weighted by molar-refractivity contribution is -0.121. The van der Waals surface area contributed by atoms with E-state index >= 15 is 0 Å². The third-order valence-corrected chi connectivity index (χ3v) is 4.42. The number of para-hydroxylation sites is 1. The number of nitrogens with one attached hydrogen (secondary N) is 1. The number of carbonyl (C=O) groups excluding carboxylic acids is 1. The molecule has 0 spiro atoms. The second-order valence-corrected chi connectivity index (χ2v) is 6.26. The average Bonchev–Trinajstić information content (AvgIpc) is 2.70. The Morgan fingerprint density at radius 3 is 2.70 bits per heavy atom. The molecule has 1 atom stereocenters. The lowest BCUT2D eigenvalue weighted by Crippen LogP contribution is -2.41. The lowest BCUT2D eigenvalue weighted by Gasteiger charge is -2.18. The van der Waals surface area contributed by atoms with Crippen LogP contribution >= 0.6 is 0 Å². The van der Waals surface area contributed by atoms with Gasteiger partial charge in [0.2, 0.25) is 5.91 Å². The van der Waals surface area contributed by atoms with Crippen molar-refractivity contribution in [1.29, 1.82) is 0 Å². The molecule has 1 N–H and O–H groups in total. The predicted octanol–water partition coefficient (Wildman–Crippen LogP) is 1.94. The van der Waals surface area contributed by atoms with E-state index in [1.54, 1.807) is 25.3 Å². The monoisotopic (exact) mass is 366 g/mol. The van der Waals surface area contributed by atoms with E-state index in [1.807, 2.05) is 37.3 Å². The van der Waals surface area contributed by atoms with E-state index in [9.17, 15) is 9.59 Å². The summed E-state index contributed by atoms with van der Waals surface area (Å²) in [5.74, 6) is 0.547. The molecule has 7 nitrogen and oxygen atoms in total. The molecule has 27 heavy (non-hydrogen) atoms. The van der Waals surface area contributed by atoms with Gasteiger partial charge in [-0.1, -0.05) is 42.5 Å². The van der Waals surface area contributed by atoms with Gasteiger partial charge in [0.05, 0.1) is 25.5 Å². The molecule has 1 heterocycles. The van der Waals surface area contributed by atoms with E-state index in [0.29, 0.717) is 23.1 Å². The number of hydrogen-bond donors (Lipinski definition) is 1. The number of rotatable bonds is 7. The Morgan fingerprint density at radius 1 is 1.19 bits per heavy atom. The fourth-order valence-corrected chi connectivity index (χ4v) is 2.93. The smallest absolute Gasteiger partial charge is 0.277 e. The van der Waals surface area contributed by atoms with E-state index in [1.165, 1.54) is 4.68 Å². The summed E-state index contributed by atoms with van der Waals surface area (Å²) in [6.45, 7) is 2.22. The molecule has 1 amide bonds. The summed E-state index contributed by atoms with van der Waals surface area (Å²) in [5, 5.41) is 11.6. The number of ether oxygens (including phenoxy) is 1. The van der Waals surface area contributed by atoms with Crippen LogP contribution in [0.1, 0.15) is 18.9 Å². The van der Waals surface area contributed by atoms with Crippen molar-refractivity contribution >= 4 is 16.8 Å². The summed E-state index contributed by atoms with van der Waals surface area (Å²) in [4.78, 5) is 25.0. The van der Waals surface area contributed by atoms with Gasteiger partial charge < -0.3 is 10.1 Å². The largest absolute Gasteiger partial charge is 0.496 e. The Hall–Kier alpha value is -3.22. The average molecular weight is 366 g/mol. The van der Waals surface area contributed by atoms with Gasteiger partial charge in [-0.3, -0.25) is 9.59 Å². The molecule has 7 heteroatoms. The maximum Gasteiger partial charge on any atom is 0.277 e. The van der Waals surface area contributed by atoms with Crippen LogP contribution in [0.2, 0.25) is 0 Å². The number of aromatic nitrogens is 3. The van der Waals surface area contributed by atoms with Gasteiger partial charge in [0.1, 0.15) is 11.3 Å². The summed E-state index contributed by atoms with van der Waals surface area (Å²) in [5.41, 5.74) is 1.17. The van der Waals surface area contributed by atoms with Crippen LogP contribution in [0.5, 0.6) is 5.75 Å². The standard InChI is InChI=1S/C20H22N4O3/c1-3-15(21-19(25)12-14-8-4-7-11-18(14)27-2)13-24-20(26)16-9-5-6-10-17(16)22-23-24/h4-11,15H,3,12-13H2,1-2H3,(H,21,25)/t15-/m1/s1. The number of benzene rings is 2. The van der Waals surface area contributed by atoms with E-state index in [-0.39, 0.29) is 30.5 Å². The van der Waals surface area contributed by atoms with E-state index < -0.39 is 0 Å². The molecule has 3 rings (SSSR count). The quantitative estimate of drug-likeness (QED) is 0.691. The fourth-order valence-electron chi connectivity index (χ4n) is 2.93. The number of nitrogens with zero attached hydrogens (tertiary/aromatic N) is 3. The van der Waals surface area contributed by atoms with Gasteiger partial charge in [-0.25, -0.2) is 4.68 Å². The van der Waals surface area contributed by atoms with Crippen molar-refractivity contribution in [3.63, 3.8) is 0 Å². The molecule has 140 valence electrons. The second kappa shape index (κ2) is 8.44. The number of methoxy groups -OCH3 is 1. The molecular weight excluding hydrogens is 344 g/mol. The van der Waals surface area contributed by atoms with Crippen molar-refractivity contribution in [2.24, 2.45) is 0 Å². The minimum Gasteiger partial charge on any atom is -0.496 e. The van der Waals surface area contributed by atoms with Crippen molar-refractivity contribution in [1.82, 2.24) is 20.3 Å². The zero-order valence-electron chi connectivity index (χ0n) is 15.4. The Kier molecular flexibility index (Phi) is 5.80. The molecule has 0 saturated carbocycles. The van der Waals surface area contributed by atoms with Gasteiger partial charge in [-0.15, -0.1) is 5.10 Å². The number of carbonyl (C=O) groups is 1. The zero-order chi connectivity index (χ0) is 19.2. The molecular formula is C20H22N4O3. The highest BCUT2D eigenvalue weighted by Gasteiger charge is 2.15. The van der Waals surface area contributed by atoms with Crippen LogP contribution in [-0.4, -0.2) is 34.1 Å². The highest BCUT2D eigenvalue weighted by atomic mass is 16.5. The molecule has 1 aromatic heterocycles. The fraction of sp³-hybridized carbons (Fsp3) is 0.300. The van der Waals surface area contributed by atoms with Crippen LogP contribution in [0, 0.1) is 0 Å². The molecule has 0 saturated heterocycles. The van der Waals surface area contributed by atoms with Gasteiger partial charge in [-0.05, 0) is 24.6 Å². The molecule has 3 aromatic rings. The third-order valence-electron chi connectivity index (χ3n) is 4.42. The predicted molar refractivity (Wildman–Crippen MR) is 103 cm³/mol. The van der Waals surface area contributed by atoms with E-state index in [0.717, 1.165) is 5.56 Å². The Labute approximate surface area is 157 Å². The summed E-state index contributed by atoms with van der Waals surface area (Å²) in [7, 11) is 1.58. The molecule has 0 aliphatic carbocycles. The Balaban J connectivity index is 1.71. The minimum absolute atomic E-state index is 0.131. The van der Waals surface area contributed by atoms with E-state index in [2.05, 4.69) is 15.6 Å². The van der Waals surface area contributed by atoms with Crippen molar-refractivity contribution < 1.29 is 9.53 Å². The number of fused-ring (bicyclic) bond motifs is 1. The highest BCUT2D eigenvalue weighted by Crippen LogP contribution is 2.17. The summed E-state index contributed by atoms with van der Waals surface area (Å²) in [6.07, 6.45) is 0.872. The van der Waals surface area contributed by atoms with Crippen molar-refractivity contribution in [3.05, 3.63) is 64.4 Å². The SMILES string of the molecule is CC[C@H](Cn1nnc2ccccc2c1=O)NC(=O)Cc1ccccc1OC. The normalized spacial score (nSPS) is 11.9. The van der Waals surface area contributed by atoms with Gasteiger partial charge in [-0.2, -0.15) is 0 Å². The first-order chi connectivity index (χ1) is 13.1.